The van der Waals surface area contributed by atoms with E-state index in [-0.39, 0.29) is 4.90 Å². The van der Waals surface area contributed by atoms with Crippen molar-refractivity contribution in [2.24, 2.45) is 0 Å². The monoisotopic (exact) mass is 737 g/mol. The van der Waals surface area contributed by atoms with Gasteiger partial charge in [0.25, 0.3) is 5.52 Å². The lowest BCUT2D eigenvalue weighted by Crippen LogP contribution is -2.28. The van der Waals surface area contributed by atoms with Crippen LogP contribution in [-0.4, -0.2) is 22.6 Å². The molecule has 0 spiro atoms. The summed E-state index contributed by atoms with van der Waals surface area (Å²) in [6.07, 6.45) is 9.43. The molecule has 9 aromatic rings. The number of fused-ring (bicyclic) bond motifs is 7. The van der Waals surface area contributed by atoms with Crippen LogP contribution in [-0.2, 0) is 16.7 Å². The van der Waals surface area contributed by atoms with Crippen LogP contribution < -0.4 is 4.52 Å². The first kappa shape index (κ1) is 35.7. The van der Waals surface area contributed by atoms with E-state index in [0.29, 0.717) is 11.1 Å². The normalized spacial score (nSPS) is 11.6. The summed E-state index contributed by atoms with van der Waals surface area (Å²) < 4.78 is 37.0. The first-order chi connectivity index (χ1) is 26.6. The zero-order valence-corrected chi connectivity index (χ0v) is 31.8. The van der Waals surface area contributed by atoms with Crippen molar-refractivity contribution < 1.29 is 17.5 Å². The lowest BCUT2D eigenvalue weighted by Gasteiger charge is -2.14. The first-order valence-corrected chi connectivity index (χ1v) is 19.7. The predicted octanol–water partition coefficient (Wildman–Crippen LogP) is 10.5. The van der Waals surface area contributed by atoms with Gasteiger partial charge in [-0.3, -0.25) is 0 Å². The second-order valence-corrected chi connectivity index (χ2v) is 15.3. The maximum atomic E-state index is 10.8. The van der Waals surface area contributed by atoms with Gasteiger partial charge in [0, 0.05) is 57.6 Å². The van der Waals surface area contributed by atoms with Gasteiger partial charge in [0.2, 0.25) is 6.20 Å². The smallest absolute Gasteiger partial charge is 0.262 e. The fraction of sp³-hybridized carbons (Fsp3) is 0.125. The number of nitrogens with zero attached hydrogens (tertiary/aromatic N) is 3. The summed E-state index contributed by atoms with van der Waals surface area (Å²) in [6, 6.07) is 46.9. The largest absolute Gasteiger partial charge is 0.744 e. The van der Waals surface area contributed by atoms with E-state index < -0.39 is 10.1 Å². The molecule has 0 radical (unpaired) electrons. The van der Waals surface area contributed by atoms with Gasteiger partial charge >= 0.3 is 0 Å². The standard InChI is InChI=1S/C39H28N3.C9H12O3S/c1-2-3-10-24-41-36-22-9-8-19-32(36)34-23-25-42-37(39(34)41)26-35(31-20-11-15-27-13-4-6-17-29(27)31)38(40-42)33-21-12-16-28-14-5-7-18-30(28)33;1-6-4-7(2)9(8(3)5-6)13(10,11)12/h1,4-9,11-23,25-26H,3,10,24H2;4-5H,1-3H3,(H,10,11,12)/q+1;/p-1. The average Bonchev–Trinajstić information content (AvgIpc) is 3.50. The fourth-order valence-corrected chi connectivity index (χ4v) is 9.03. The second-order valence-electron chi connectivity index (χ2n) is 14.0. The summed E-state index contributed by atoms with van der Waals surface area (Å²) in [7, 11) is -4.33. The quantitative estimate of drug-likeness (QED) is 0.0737. The van der Waals surface area contributed by atoms with Gasteiger partial charge in [-0.25, -0.2) is 8.42 Å². The molecule has 3 aromatic heterocycles. The fourth-order valence-electron chi connectivity index (χ4n) is 8.13. The van der Waals surface area contributed by atoms with E-state index in [0.717, 1.165) is 47.3 Å². The van der Waals surface area contributed by atoms with Crippen LogP contribution in [0.25, 0.3) is 71.3 Å². The molecule has 6 aromatic carbocycles. The van der Waals surface area contributed by atoms with Gasteiger partial charge in [-0.15, -0.1) is 12.3 Å². The molecule has 0 aliphatic heterocycles. The van der Waals surface area contributed by atoms with Gasteiger partial charge in [-0.05, 0) is 76.0 Å². The summed E-state index contributed by atoms with van der Waals surface area (Å²) in [5, 5.41) is 12.7. The van der Waals surface area contributed by atoms with Crippen LogP contribution in [0.15, 0.2) is 145 Å². The van der Waals surface area contributed by atoms with E-state index in [1.807, 2.05) is 6.92 Å². The Hall–Kier alpha value is -6.33. The third-order valence-corrected chi connectivity index (χ3v) is 11.5. The number of hydrogen-bond acceptors (Lipinski definition) is 4. The number of para-hydroxylation sites is 1. The summed E-state index contributed by atoms with van der Waals surface area (Å²) in [6.45, 7) is 5.97. The van der Waals surface area contributed by atoms with Crippen molar-refractivity contribution >= 4 is 59.0 Å². The number of pyridine rings is 1. The summed E-state index contributed by atoms with van der Waals surface area (Å²) in [4.78, 5) is -0.0851. The maximum absolute atomic E-state index is 10.8. The highest BCUT2D eigenvalue weighted by molar-refractivity contribution is 7.85. The number of aromatic nitrogens is 3. The van der Waals surface area contributed by atoms with Crippen molar-refractivity contribution in [2.45, 2.75) is 45.1 Å². The molecule has 3 heterocycles. The summed E-state index contributed by atoms with van der Waals surface area (Å²) >= 11 is 0. The van der Waals surface area contributed by atoms with E-state index in [4.69, 9.17) is 11.5 Å². The minimum atomic E-state index is -4.33. The van der Waals surface area contributed by atoms with Gasteiger partial charge in [-0.2, -0.15) is 0 Å². The third-order valence-electron chi connectivity index (χ3n) is 10.3. The Kier molecular flexibility index (Phi) is 9.40. The Morgan fingerprint density at radius 2 is 1.27 bits per heavy atom. The van der Waals surface area contributed by atoms with Crippen molar-refractivity contribution in [1.29, 1.82) is 0 Å². The SMILES string of the molecule is C#CCCCn1c2ccccc2c2cc[n+]3nc(-c4cccc5ccccc45)c(-c4cccc5ccccc45)cc3c21.Cc1cc(C)c(S(=O)(=O)[O-])c(C)c1. The molecular formula is C48H39N3O3S. The zero-order chi connectivity index (χ0) is 38.3. The Balaban J connectivity index is 0.000000281. The Bertz CT molecular complexity index is 3070. The van der Waals surface area contributed by atoms with E-state index in [1.165, 1.54) is 48.9 Å². The summed E-state index contributed by atoms with van der Waals surface area (Å²) in [5.74, 6) is 2.82. The zero-order valence-electron chi connectivity index (χ0n) is 31.0. The Morgan fingerprint density at radius 3 is 1.93 bits per heavy atom. The molecule has 55 heavy (non-hydrogen) atoms. The average molecular weight is 738 g/mol. The van der Waals surface area contributed by atoms with Crippen molar-refractivity contribution in [3.05, 3.63) is 156 Å². The molecule has 0 unspecified atom stereocenters. The molecule has 0 amide bonds. The van der Waals surface area contributed by atoms with Crippen LogP contribution in [0.2, 0.25) is 0 Å². The molecule has 0 N–H and O–H groups in total. The molecule has 9 rings (SSSR count). The Morgan fingerprint density at radius 1 is 0.691 bits per heavy atom. The van der Waals surface area contributed by atoms with Crippen LogP contribution in [0, 0.1) is 33.1 Å². The van der Waals surface area contributed by atoms with Crippen LogP contribution in [0.4, 0.5) is 0 Å². The highest BCUT2D eigenvalue weighted by Crippen LogP contribution is 2.39. The molecule has 0 aliphatic rings. The second kappa shape index (κ2) is 14.5. The first-order valence-electron chi connectivity index (χ1n) is 18.3. The van der Waals surface area contributed by atoms with Gasteiger partial charge in [0.05, 0.1) is 4.90 Å². The summed E-state index contributed by atoms with van der Waals surface area (Å²) in [5.41, 5.74) is 9.89. The van der Waals surface area contributed by atoms with Crippen LogP contribution >= 0.6 is 0 Å². The number of rotatable bonds is 6. The molecule has 0 fully saturated rings. The molecule has 0 bridgehead atoms. The van der Waals surface area contributed by atoms with Gasteiger partial charge in [0.1, 0.15) is 21.3 Å². The molecule has 270 valence electrons. The van der Waals surface area contributed by atoms with E-state index >= 15 is 0 Å². The van der Waals surface area contributed by atoms with Crippen molar-refractivity contribution in [3.8, 4) is 34.7 Å². The predicted molar refractivity (Wildman–Crippen MR) is 223 cm³/mol. The molecule has 0 atom stereocenters. The lowest BCUT2D eigenvalue weighted by atomic mass is 9.92. The lowest BCUT2D eigenvalue weighted by molar-refractivity contribution is -0.578. The minimum absolute atomic E-state index is 0.0851. The van der Waals surface area contributed by atoms with Crippen molar-refractivity contribution in [2.75, 3.05) is 0 Å². The van der Waals surface area contributed by atoms with Gasteiger partial charge < -0.3 is 9.12 Å². The highest BCUT2D eigenvalue weighted by atomic mass is 32.2. The van der Waals surface area contributed by atoms with Gasteiger partial charge in [-0.1, -0.05) is 121 Å². The number of aryl methyl sites for hydroxylation is 4. The van der Waals surface area contributed by atoms with Crippen molar-refractivity contribution in [3.63, 3.8) is 0 Å². The molecule has 0 aliphatic carbocycles. The Labute approximate surface area is 321 Å². The minimum Gasteiger partial charge on any atom is -0.744 e. The van der Waals surface area contributed by atoms with Crippen LogP contribution in [0.5, 0.6) is 0 Å². The number of terminal acetylenes is 1. The van der Waals surface area contributed by atoms with E-state index in [9.17, 15) is 13.0 Å². The molecule has 7 heteroatoms. The van der Waals surface area contributed by atoms with E-state index in [2.05, 4.69) is 143 Å². The highest BCUT2D eigenvalue weighted by Gasteiger charge is 2.24. The van der Waals surface area contributed by atoms with E-state index in [1.54, 1.807) is 26.0 Å². The van der Waals surface area contributed by atoms with Crippen LogP contribution in [0.3, 0.4) is 0 Å². The van der Waals surface area contributed by atoms with Crippen molar-refractivity contribution in [1.82, 2.24) is 9.67 Å². The number of unbranched alkanes of at least 4 members (excludes halogenated alkanes) is 1. The van der Waals surface area contributed by atoms with Crippen LogP contribution in [0.1, 0.15) is 29.5 Å². The number of hydrogen-bond donors (Lipinski definition) is 0. The molecular weight excluding hydrogens is 699 g/mol. The van der Waals surface area contributed by atoms with Gasteiger partial charge in [0.15, 0.2) is 0 Å². The number of benzene rings is 6. The maximum Gasteiger partial charge on any atom is 0.262 e. The molecule has 0 saturated heterocycles. The molecule has 6 nitrogen and oxygen atoms in total. The topological polar surface area (TPSA) is 79.1 Å². The third kappa shape index (κ3) is 6.61. The molecule has 0 saturated carbocycles.